The number of hydrogen-bond donors (Lipinski definition) is 2. The summed E-state index contributed by atoms with van der Waals surface area (Å²) in [6.07, 6.45) is 6.49. The average Bonchev–Trinajstić information content (AvgIpc) is 3.18. The number of nitrogens with one attached hydrogen (secondary N) is 2. The number of nitrogens with zero attached hydrogens (tertiary/aromatic N) is 4. The molecule has 2 N–H and O–H groups in total. The normalized spacial score (nSPS) is 18.4. The van der Waals surface area contributed by atoms with Gasteiger partial charge >= 0.3 is 0 Å². The summed E-state index contributed by atoms with van der Waals surface area (Å²) in [4.78, 5) is 11.7. The number of likely N-dealkylation sites (N-methyl/N-ethyl adjacent to an activating group) is 1. The van der Waals surface area contributed by atoms with Crippen LogP contribution in [0.25, 0.3) is 0 Å². The summed E-state index contributed by atoms with van der Waals surface area (Å²) in [5.74, 6) is 2.52. The average molecular weight is 462 g/mol. The van der Waals surface area contributed by atoms with Crippen LogP contribution in [0.2, 0.25) is 0 Å². The van der Waals surface area contributed by atoms with E-state index in [1.54, 1.807) is 0 Å². The van der Waals surface area contributed by atoms with Crippen molar-refractivity contribution in [2.24, 2.45) is 10.9 Å². The van der Waals surface area contributed by atoms with Gasteiger partial charge in [-0.3, -0.25) is 4.90 Å². The number of aliphatic imine (C=N–C) groups is 1. The van der Waals surface area contributed by atoms with Gasteiger partial charge in [0.05, 0.1) is 0 Å². The zero-order chi connectivity index (χ0) is 17.4. The lowest BCUT2D eigenvalue weighted by molar-refractivity contribution is 0.267. The maximum atomic E-state index is 4.73. The molecular formula is C18H35IN6. The Kier molecular flexibility index (Phi) is 10.4. The molecule has 0 aromatic carbocycles. The number of hydrogen-bond acceptors (Lipinski definition) is 3. The van der Waals surface area contributed by atoms with E-state index in [-0.39, 0.29) is 24.0 Å². The Labute approximate surface area is 169 Å². The third-order valence-corrected chi connectivity index (χ3v) is 4.50. The molecule has 1 fully saturated rings. The molecule has 1 aromatic rings. The highest BCUT2D eigenvalue weighted by atomic mass is 127. The molecular weight excluding hydrogens is 427 g/mol. The van der Waals surface area contributed by atoms with Crippen molar-refractivity contribution in [2.75, 3.05) is 26.2 Å². The standard InChI is InChI=1S/C18H34N6.HI/c1-5-19-18(21-12-16-8-7-10-23(16)6-2)22-13-17-20-9-11-24(17)14-15(3)4;/h9,11,15-16H,5-8,10,12-14H2,1-4H3,(H2,19,21,22);1H. The molecule has 25 heavy (non-hydrogen) atoms. The fourth-order valence-corrected chi connectivity index (χ4v) is 3.30. The molecule has 1 saturated heterocycles. The molecule has 144 valence electrons. The number of aromatic nitrogens is 2. The van der Waals surface area contributed by atoms with Crippen LogP contribution in [0.3, 0.4) is 0 Å². The molecule has 1 atom stereocenters. The first-order valence-corrected chi connectivity index (χ1v) is 9.40. The molecule has 0 saturated carbocycles. The number of likely N-dealkylation sites (tertiary alicyclic amines) is 1. The van der Waals surface area contributed by atoms with Crippen molar-refractivity contribution in [1.82, 2.24) is 25.1 Å². The lowest BCUT2D eigenvalue weighted by Gasteiger charge is -2.24. The van der Waals surface area contributed by atoms with Crippen molar-refractivity contribution in [1.29, 1.82) is 0 Å². The monoisotopic (exact) mass is 462 g/mol. The highest BCUT2D eigenvalue weighted by molar-refractivity contribution is 14.0. The topological polar surface area (TPSA) is 57.5 Å². The van der Waals surface area contributed by atoms with Crippen LogP contribution in [0.15, 0.2) is 17.4 Å². The third-order valence-electron chi connectivity index (χ3n) is 4.50. The lowest BCUT2D eigenvalue weighted by Crippen LogP contribution is -2.44. The molecule has 0 bridgehead atoms. The summed E-state index contributed by atoms with van der Waals surface area (Å²) in [5.41, 5.74) is 0. The smallest absolute Gasteiger partial charge is 0.191 e. The Morgan fingerprint density at radius 2 is 2.16 bits per heavy atom. The van der Waals surface area contributed by atoms with Crippen molar-refractivity contribution in [2.45, 2.75) is 59.7 Å². The van der Waals surface area contributed by atoms with Gasteiger partial charge in [0.15, 0.2) is 5.96 Å². The molecule has 1 unspecified atom stereocenters. The van der Waals surface area contributed by atoms with Crippen molar-refractivity contribution >= 4 is 29.9 Å². The molecule has 6 nitrogen and oxygen atoms in total. The summed E-state index contributed by atoms with van der Waals surface area (Å²) in [7, 11) is 0. The lowest BCUT2D eigenvalue weighted by atomic mass is 10.2. The quantitative estimate of drug-likeness (QED) is 0.355. The van der Waals surface area contributed by atoms with E-state index in [9.17, 15) is 0 Å². The second-order valence-corrected chi connectivity index (χ2v) is 6.89. The molecule has 2 heterocycles. The summed E-state index contributed by atoms with van der Waals surface area (Å²) in [6, 6.07) is 0.627. The van der Waals surface area contributed by atoms with Gasteiger partial charge in [-0.05, 0) is 38.8 Å². The summed E-state index contributed by atoms with van der Waals surface area (Å²) >= 11 is 0. The minimum absolute atomic E-state index is 0. The zero-order valence-electron chi connectivity index (χ0n) is 16.2. The zero-order valence-corrected chi connectivity index (χ0v) is 18.5. The highest BCUT2D eigenvalue weighted by Crippen LogP contribution is 2.15. The SMILES string of the molecule is CCNC(=NCc1nccn1CC(C)C)NCC1CCCN1CC.I. The first kappa shape index (κ1) is 22.2. The van der Waals surface area contributed by atoms with Crippen LogP contribution in [-0.4, -0.2) is 52.6 Å². The van der Waals surface area contributed by atoms with Crippen molar-refractivity contribution < 1.29 is 0 Å². The van der Waals surface area contributed by atoms with Crippen LogP contribution < -0.4 is 10.6 Å². The highest BCUT2D eigenvalue weighted by Gasteiger charge is 2.22. The second-order valence-electron chi connectivity index (χ2n) is 6.89. The molecule has 0 amide bonds. The van der Waals surface area contributed by atoms with E-state index in [4.69, 9.17) is 4.99 Å². The van der Waals surface area contributed by atoms with E-state index in [0.29, 0.717) is 18.5 Å². The van der Waals surface area contributed by atoms with Crippen LogP contribution in [-0.2, 0) is 13.1 Å². The molecule has 0 radical (unpaired) electrons. The van der Waals surface area contributed by atoms with Crippen molar-refractivity contribution in [3.63, 3.8) is 0 Å². The molecule has 1 aliphatic heterocycles. The number of imidazole rings is 1. The van der Waals surface area contributed by atoms with Gasteiger partial charge in [-0.25, -0.2) is 9.98 Å². The van der Waals surface area contributed by atoms with Gasteiger partial charge in [-0.15, -0.1) is 24.0 Å². The van der Waals surface area contributed by atoms with Crippen LogP contribution >= 0.6 is 24.0 Å². The van der Waals surface area contributed by atoms with E-state index in [1.165, 1.54) is 19.4 Å². The Balaban J connectivity index is 0.00000312. The van der Waals surface area contributed by atoms with E-state index >= 15 is 0 Å². The van der Waals surface area contributed by atoms with E-state index < -0.39 is 0 Å². The molecule has 2 rings (SSSR count). The van der Waals surface area contributed by atoms with E-state index in [0.717, 1.165) is 38.0 Å². The Morgan fingerprint density at radius 1 is 1.36 bits per heavy atom. The van der Waals surface area contributed by atoms with E-state index in [2.05, 4.69) is 52.8 Å². The molecule has 1 aliphatic rings. The summed E-state index contributed by atoms with van der Waals surface area (Å²) in [5, 5.41) is 6.86. The van der Waals surface area contributed by atoms with Crippen LogP contribution in [0.4, 0.5) is 0 Å². The van der Waals surface area contributed by atoms with Gasteiger partial charge < -0.3 is 15.2 Å². The van der Waals surface area contributed by atoms with Gasteiger partial charge in [0.25, 0.3) is 0 Å². The molecule has 7 heteroatoms. The number of guanidine groups is 1. The predicted octanol–water partition coefficient (Wildman–Crippen LogP) is 2.70. The minimum atomic E-state index is 0. The van der Waals surface area contributed by atoms with Gasteiger partial charge in [0, 0.05) is 38.1 Å². The van der Waals surface area contributed by atoms with Crippen LogP contribution in [0, 0.1) is 5.92 Å². The second kappa shape index (κ2) is 11.7. The Morgan fingerprint density at radius 3 is 2.84 bits per heavy atom. The Bertz CT molecular complexity index is 513. The summed E-state index contributed by atoms with van der Waals surface area (Å²) < 4.78 is 2.20. The Hall–Kier alpha value is -0.830. The molecule has 0 aliphatic carbocycles. The third kappa shape index (κ3) is 7.13. The fraction of sp³-hybridized carbons (Fsp3) is 0.778. The first-order chi connectivity index (χ1) is 11.6. The number of halogens is 1. The minimum Gasteiger partial charge on any atom is -0.357 e. The van der Waals surface area contributed by atoms with Crippen molar-refractivity contribution in [3.8, 4) is 0 Å². The van der Waals surface area contributed by atoms with Gasteiger partial charge in [-0.1, -0.05) is 20.8 Å². The van der Waals surface area contributed by atoms with Gasteiger partial charge in [-0.2, -0.15) is 0 Å². The van der Waals surface area contributed by atoms with Gasteiger partial charge in [0.1, 0.15) is 12.4 Å². The van der Waals surface area contributed by atoms with E-state index in [1.807, 2.05) is 12.4 Å². The van der Waals surface area contributed by atoms with Crippen LogP contribution in [0.1, 0.15) is 46.4 Å². The fourth-order valence-electron chi connectivity index (χ4n) is 3.30. The largest absolute Gasteiger partial charge is 0.357 e. The maximum Gasteiger partial charge on any atom is 0.191 e. The van der Waals surface area contributed by atoms with Crippen molar-refractivity contribution in [3.05, 3.63) is 18.2 Å². The van der Waals surface area contributed by atoms with Gasteiger partial charge in [0.2, 0.25) is 0 Å². The molecule has 0 spiro atoms. The number of rotatable bonds is 8. The maximum absolute atomic E-state index is 4.73. The van der Waals surface area contributed by atoms with Crippen LogP contribution in [0.5, 0.6) is 0 Å². The molecule has 1 aromatic heterocycles. The summed E-state index contributed by atoms with van der Waals surface area (Å²) in [6.45, 7) is 14.6. The predicted molar refractivity (Wildman–Crippen MR) is 116 cm³/mol. The first-order valence-electron chi connectivity index (χ1n) is 9.40.